The molecule has 0 bridgehead atoms. The van der Waals surface area contributed by atoms with Gasteiger partial charge in [-0.2, -0.15) is 5.10 Å². The summed E-state index contributed by atoms with van der Waals surface area (Å²) >= 11 is 0. The fraction of sp³-hybridized carbons (Fsp3) is 0.778. The zero-order valence-electron chi connectivity index (χ0n) is 14.4. The van der Waals surface area contributed by atoms with Gasteiger partial charge in [0, 0.05) is 32.6 Å². The molecule has 128 valence electrons. The molecule has 0 spiro atoms. The number of aromatic nitrogens is 2. The second-order valence-corrected chi connectivity index (χ2v) is 7.19. The lowest BCUT2D eigenvalue weighted by Crippen LogP contribution is -2.34. The van der Waals surface area contributed by atoms with Crippen molar-refractivity contribution in [1.82, 2.24) is 9.78 Å². The summed E-state index contributed by atoms with van der Waals surface area (Å²) in [6.45, 7) is 0.649. The summed E-state index contributed by atoms with van der Waals surface area (Å²) in [4.78, 5) is 12.6. The molecular formula is C18H29N3O2. The smallest absolute Gasteiger partial charge is 0.228 e. The topological polar surface area (TPSA) is 56.1 Å². The van der Waals surface area contributed by atoms with Crippen molar-refractivity contribution in [1.29, 1.82) is 0 Å². The van der Waals surface area contributed by atoms with Crippen molar-refractivity contribution >= 4 is 11.7 Å². The molecule has 2 aliphatic rings. The fourth-order valence-electron chi connectivity index (χ4n) is 4.31. The molecule has 2 saturated carbocycles. The number of anilines is 1. The number of nitrogens with one attached hydrogen (secondary N) is 1. The Bertz CT molecular complexity index is 540. The number of ether oxygens (including phenoxy) is 1. The summed E-state index contributed by atoms with van der Waals surface area (Å²) in [5.74, 6) is 2.80. The van der Waals surface area contributed by atoms with Gasteiger partial charge in [0.05, 0.1) is 12.3 Å². The molecule has 23 heavy (non-hydrogen) atoms. The Balaban J connectivity index is 1.57. The maximum absolute atomic E-state index is 12.6. The Hall–Kier alpha value is -1.36. The monoisotopic (exact) mass is 319 g/mol. The van der Waals surface area contributed by atoms with E-state index in [0.29, 0.717) is 6.61 Å². The van der Waals surface area contributed by atoms with Gasteiger partial charge in [0.1, 0.15) is 5.82 Å². The highest BCUT2D eigenvalue weighted by atomic mass is 16.5. The Kier molecular flexibility index (Phi) is 5.36. The van der Waals surface area contributed by atoms with Crippen molar-refractivity contribution in [3.05, 3.63) is 11.8 Å². The van der Waals surface area contributed by atoms with Crippen LogP contribution in [0.2, 0.25) is 0 Å². The number of aryl methyl sites for hydroxylation is 1. The minimum absolute atomic E-state index is 0.173. The highest BCUT2D eigenvalue weighted by Gasteiger charge is 2.35. The molecule has 5 heteroatoms. The first kappa shape index (κ1) is 16.5. The minimum atomic E-state index is 0.173. The number of rotatable bonds is 5. The van der Waals surface area contributed by atoms with E-state index in [0.717, 1.165) is 42.6 Å². The highest BCUT2D eigenvalue weighted by Crippen LogP contribution is 2.42. The van der Waals surface area contributed by atoms with Gasteiger partial charge in [0.25, 0.3) is 0 Å². The second kappa shape index (κ2) is 7.47. The molecule has 0 saturated heterocycles. The first-order chi connectivity index (χ1) is 11.2. The molecule has 2 aliphatic carbocycles. The van der Waals surface area contributed by atoms with E-state index in [1.807, 2.05) is 13.1 Å². The van der Waals surface area contributed by atoms with Crippen LogP contribution in [0.1, 0.15) is 50.6 Å². The second-order valence-electron chi connectivity index (χ2n) is 7.19. The van der Waals surface area contributed by atoms with Crippen molar-refractivity contribution in [3.63, 3.8) is 0 Å². The number of fused-ring (bicyclic) bond motifs is 1. The third-order valence-corrected chi connectivity index (χ3v) is 5.65. The summed E-state index contributed by atoms with van der Waals surface area (Å²) < 4.78 is 6.84. The molecule has 3 rings (SSSR count). The number of hydrogen-bond acceptors (Lipinski definition) is 3. The normalized spacial score (nSPS) is 27.5. The van der Waals surface area contributed by atoms with Crippen LogP contribution in [-0.4, -0.2) is 29.4 Å². The molecule has 1 amide bonds. The molecule has 0 aliphatic heterocycles. The van der Waals surface area contributed by atoms with E-state index in [4.69, 9.17) is 4.74 Å². The van der Waals surface area contributed by atoms with Crippen molar-refractivity contribution in [3.8, 4) is 0 Å². The standard InChI is InChI=1S/C18H29N3O2/c1-21-17(12-16(20-21)9-10-23-2)19-18(22)15-8-7-13-5-3-4-6-14(13)11-15/h12-15H,3-11H2,1-2H3,(H,19,22). The maximum Gasteiger partial charge on any atom is 0.228 e. The summed E-state index contributed by atoms with van der Waals surface area (Å²) in [6.07, 6.45) is 9.55. The Morgan fingerprint density at radius 3 is 2.87 bits per heavy atom. The number of carbonyl (C=O) groups excluding carboxylic acids is 1. The van der Waals surface area contributed by atoms with E-state index >= 15 is 0 Å². The third kappa shape index (κ3) is 3.94. The van der Waals surface area contributed by atoms with Gasteiger partial charge in [0.15, 0.2) is 0 Å². The Labute approximate surface area is 138 Å². The van der Waals surface area contributed by atoms with Crippen molar-refractivity contribution in [2.45, 2.75) is 51.4 Å². The quantitative estimate of drug-likeness (QED) is 0.907. The zero-order chi connectivity index (χ0) is 16.2. The van der Waals surface area contributed by atoms with Crippen LogP contribution in [0, 0.1) is 17.8 Å². The molecule has 0 aromatic carbocycles. The average Bonchev–Trinajstić information content (AvgIpc) is 2.92. The predicted molar refractivity (Wildman–Crippen MR) is 90.2 cm³/mol. The van der Waals surface area contributed by atoms with Crippen LogP contribution in [-0.2, 0) is 23.0 Å². The van der Waals surface area contributed by atoms with Crippen molar-refractivity contribution < 1.29 is 9.53 Å². The summed E-state index contributed by atoms with van der Waals surface area (Å²) in [5.41, 5.74) is 0.959. The molecule has 1 aromatic rings. The van der Waals surface area contributed by atoms with Crippen LogP contribution in [0.5, 0.6) is 0 Å². The van der Waals surface area contributed by atoms with Gasteiger partial charge < -0.3 is 10.1 Å². The third-order valence-electron chi connectivity index (χ3n) is 5.65. The molecule has 1 N–H and O–H groups in total. The van der Waals surface area contributed by atoms with E-state index in [2.05, 4.69) is 10.4 Å². The molecule has 2 fully saturated rings. The van der Waals surface area contributed by atoms with E-state index in [1.165, 1.54) is 32.1 Å². The number of methoxy groups -OCH3 is 1. The van der Waals surface area contributed by atoms with Gasteiger partial charge in [-0.05, 0) is 31.1 Å². The molecule has 0 radical (unpaired) electrons. The molecule has 3 unspecified atom stereocenters. The van der Waals surface area contributed by atoms with Crippen LogP contribution in [0.25, 0.3) is 0 Å². The lowest BCUT2D eigenvalue weighted by Gasteiger charge is -2.38. The fourth-order valence-corrected chi connectivity index (χ4v) is 4.31. The van der Waals surface area contributed by atoms with Crippen LogP contribution >= 0.6 is 0 Å². The summed E-state index contributed by atoms with van der Waals surface area (Å²) in [5, 5.41) is 7.53. The van der Waals surface area contributed by atoms with E-state index in [1.54, 1.807) is 11.8 Å². The van der Waals surface area contributed by atoms with Crippen LogP contribution < -0.4 is 5.32 Å². The molecule has 1 heterocycles. The first-order valence-electron chi connectivity index (χ1n) is 9.00. The van der Waals surface area contributed by atoms with Gasteiger partial charge in [-0.15, -0.1) is 0 Å². The lowest BCUT2D eigenvalue weighted by molar-refractivity contribution is -0.122. The molecule has 5 nitrogen and oxygen atoms in total. The molecule has 3 atom stereocenters. The molecular weight excluding hydrogens is 290 g/mol. The SMILES string of the molecule is COCCc1cc(NC(=O)C2CCC3CCCCC3C2)n(C)n1. The van der Waals surface area contributed by atoms with Gasteiger partial charge in [-0.1, -0.05) is 25.7 Å². The number of hydrogen-bond donors (Lipinski definition) is 1. The van der Waals surface area contributed by atoms with Crippen LogP contribution in [0.3, 0.4) is 0 Å². The zero-order valence-corrected chi connectivity index (χ0v) is 14.4. The van der Waals surface area contributed by atoms with Gasteiger partial charge in [0.2, 0.25) is 5.91 Å². The Morgan fingerprint density at radius 2 is 2.09 bits per heavy atom. The maximum atomic E-state index is 12.6. The van der Waals surface area contributed by atoms with Crippen LogP contribution in [0.4, 0.5) is 5.82 Å². The van der Waals surface area contributed by atoms with Crippen molar-refractivity contribution in [2.24, 2.45) is 24.8 Å². The number of carbonyl (C=O) groups is 1. The van der Waals surface area contributed by atoms with Gasteiger partial charge in [-0.25, -0.2) is 0 Å². The van der Waals surface area contributed by atoms with Crippen LogP contribution in [0.15, 0.2) is 6.07 Å². The predicted octanol–water partition coefficient (Wildman–Crippen LogP) is 3.15. The van der Waals surface area contributed by atoms with Crippen molar-refractivity contribution in [2.75, 3.05) is 19.0 Å². The van der Waals surface area contributed by atoms with E-state index < -0.39 is 0 Å². The number of amides is 1. The largest absolute Gasteiger partial charge is 0.384 e. The number of nitrogens with zero attached hydrogens (tertiary/aromatic N) is 2. The minimum Gasteiger partial charge on any atom is -0.384 e. The van der Waals surface area contributed by atoms with Gasteiger partial charge in [-0.3, -0.25) is 9.48 Å². The van der Waals surface area contributed by atoms with E-state index in [9.17, 15) is 4.79 Å². The van der Waals surface area contributed by atoms with E-state index in [-0.39, 0.29) is 11.8 Å². The summed E-state index contributed by atoms with van der Waals surface area (Å²) in [7, 11) is 3.57. The van der Waals surface area contributed by atoms with Gasteiger partial charge >= 0.3 is 0 Å². The highest BCUT2D eigenvalue weighted by molar-refractivity contribution is 5.91. The first-order valence-corrected chi connectivity index (χ1v) is 9.00. The summed E-state index contributed by atoms with van der Waals surface area (Å²) in [6, 6.07) is 1.96. The molecule has 1 aromatic heterocycles. The lowest BCUT2D eigenvalue weighted by atomic mass is 9.67. The average molecular weight is 319 g/mol. The Morgan fingerprint density at radius 1 is 1.30 bits per heavy atom.